The number of aryl methyl sites for hydroxylation is 4. The number of benzene rings is 2. The van der Waals surface area contributed by atoms with E-state index in [4.69, 9.17) is 5.84 Å². The first-order valence-electron chi connectivity index (χ1n) is 10.6. The van der Waals surface area contributed by atoms with Crippen LogP contribution in [0.3, 0.4) is 0 Å². The highest BCUT2D eigenvalue weighted by molar-refractivity contribution is 7.15. The summed E-state index contributed by atoms with van der Waals surface area (Å²) in [4.78, 5) is 29.1. The number of carbonyl (C=O) groups is 2. The molecule has 2 aromatic carbocycles. The van der Waals surface area contributed by atoms with Crippen LogP contribution in [0.25, 0.3) is 0 Å². The number of rotatable bonds is 10. The molecule has 0 saturated carbocycles. The largest absolute Gasteiger partial charge is 0.355 e. The van der Waals surface area contributed by atoms with E-state index in [2.05, 4.69) is 38.2 Å². The van der Waals surface area contributed by atoms with Gasteiger partial charge in [0.2, 0.25) is 5.91 Å². The fourth-order valence-electron chi connectivity index (χ4n) is 3.35. The number of nitrogens with one attached hydrogen (secondary N) is 3. The summed E-state index contributed by atoms with van der Waals surface area (Å²) in [5, 5.41) is 12.5. The molecule has 8 nitrogen and oxygen atoms in total. The monoisotopic (exact) mass is 500 g/mol. The number of thiazole rings is 1. The van der Waals surface area contributed by atoms with Crippen LogP contribution < -0.4 is 21.8 Å². The highest BCUT2D eigenvalue weighted by Gasteiger charge is 2.13. The highest BCUT2D eigenvalue weighted by Crippen LogP contribution is 2.26. The van der Waals surface area contributed by atoms with Crippen molar-refractivity contribution < 1.29 is 9.59 Å². The molecule has 0 atom stereocenters. The summed E-state index contributed by atoms with van der Waals surface area (Å²) in [6, 6.07) is 15.7. The Balaban J connectivity index is 0.00000408. The normalized spacial score (nSPS) is 10.5. The minimum atomic E-state index is -0.129. The molecule has 0 aliphatic heterocycles. The summed E-state index contributed by atoms with van der Waals surface area (Å²) in [5.74, 6) is 4.89. The number of anilines is 2. The molecule has 3 aromatic rings. The smallest absolute Gasteiger partial charge is 0.251 e. The van der Waals surface area contributed by atoms with E-state index in [1.54, 1.807) is 7.05 Å². The lowest BCUT2D eigenvalue weighted by Crippen LogP contribution is -2.17. The number of halogens is 1. The van der Waals surface area contributed by atoms with Crippen molar-refractivity contribution in [2.45, 2.75) is 32.6 Å². The molecule has 0 bridgehead atoms. The van der Waals surface area contributed by atoms with E-state index in [9.17, 15) is 9.59 Å². The van der Waals surface area contributed by atoms with Gasteiger partial charge in [-0.2, -0.15) is 5.10 Å². The number of hydrazone groups is 1. The lowest BCUT2D eigenvalue weighted by molar-refractivity contribution is -0.114. The standard InChI is InChI=1S/C24H28N6O2S.ClH/c1-16(31)29-24-30-21(13-7-18-5-11-20(12-6-18)27-15-28-25)22(33-24)14-8-17-3-9-19(10-4-17)23(32)26-2;/h3-6,9-12,15H,7-8,13-14,25H2,1-2H3,(H,26,32)(H,27,28)(H,29,30,31);1H. The molecule has 0 spiro atoms. The number of aromatic nitrogens is 1. The number of hydrogen-bond donors (Lipinski definition) is 4. The van der Waals surface area contributed by atoms with Crippen molar-refractivity contribution in [3.8, 4) is 0 Å². The van der Waals surface area contributed by atoms with Crippen LogP contribution in [-0.2, 0) is 30.5 Å². The summed E-state index contributed by atoms with van der Waals surface area (Å²) in [6.45, 7) is 1.49. The van der Waals surface area contributed by atoms with Gasteiger partial charge in [-0.25, -0.2) is 4.98 Å². The molecule has 5 N–H and O–H groups in total. The first kappa shape index (κ1) is 26.8. The van der Waals surface area contributed by atoms with Gasteiger partial charge in [-0.15, -0.1) is 23.7 Å². The van der Waals surface area contributed by atoms with Crippen LogP contribution in [0.5, 0.6) is 0 Å². The quantitative estimate of drug-likeness (QED) is 0.146. The van der Waals surface area contributed by atoms with E-state index in [1.807, 2.05) is 36.4 Å². The first-order valence-corrected chi connectivity index (χ1v) is 11.4. The number of hydrogen-bond acceptors (Lipinski definition) is 6. The summed E-state index contributed by atoms with van der Waals surface area (Å²) in [7, 11) is 1.62. The molecule has 0 radical (unpaired) electrons. The lowest BCUT2D eigenvalue weighted by Gasteiger charge is -2.06. The molecular formula is C24H29ClN6O2S. The zero-order valence-corrected chi connectivity index (χ0v) is 20.8. The first-order chi connectivity index (χ1) is 16.0. The van der Waals surface area contributed by atoms with Crippen LogP contribution in [0.4, 0.5) is 10.8 Å². The predicted molar refractivity (Wildman–Crippen MR) is 141 cm³/mol. The van der Waals surface area contributed by atoms with Crippen molar-refractivity contribution in [3.05, 3.63) is 75.8 Å². The average molecular weight is 501 g/mol. The van der Waals surface area contributed by atoms with Crippen LogP contribution in [0.15, 0.2) is 53.6 Å². The molecule has 0 aliphatic rings. The molecule has 1 heterocycles. The summed E-state index contributed by atoms with van der Waals surface area (Å²) < 4.78 is 0. The van der Waals surface area contributed by atoms with Gasteiger partial charge in [-0.3, -0.25) is 9.59 Å². The Kier molecular flexibility index (Phi) is 10.5. The van der Waals surface area contributed by atoms with Gasteiger partial charge in [-0.05, 0) is 61.1 Å². The Hall–Kier alpha value is -3.43. The molecular weight excluding hydrogens is 472 g/mol. The second kappa shape index (κ2) is 13.3. The van der Waals surface area contributed by atoms with Gasteiger partial charge in [0.05, 0.1) is 5.69 Å². The maximum Gasteiger partial charge on any atom is 0.251 e. The van der Waals surface area contributed by atoms with Crippen LogP contribution in [-0.4, -0.2) is 30.2 Å². The SMILES string of the molecule is CNC(=O)c1ccc(CCc2sc(NC(C)=O)nc2CCc2ccc(NC=NN)cc2)cc1.Cl. The van der Waals surface area contributed by atoms with E-state index in [0.717, 1.165) is 47.5 Å². The minimum Gasteiger partial charge on any atom is -0.355 e. The zero-order chi connectivity index (χ0) is 23.6. The summed E-state index contributed by atoms with van der Waals surface area (Å²) in [6.07, 6.45) is 4.69. The van der Waals surface area contributed by atoms with Crippen molar-refractivity contribution in [1.29, 1.82) is 0 Å². The molecule has 0 saturated heterocycles. The third-order valence-electron chi connectivity index (χ3n) is 5.06. The maximum absolute atomic E-state index is 11.7. The number of carbonyl (C=O) groups excluding carboxylic acids is 2. The molecule has 34 heavy (non-hydrogen) atoms. The highest BCUT2D eigenvalue weighted by atomic mass is 35.5. The molecule has 10 heteroatoms. The summed E-state index contributed by atoms with van der Waals surface area (Å²) in [5.41, 5.74) is 4.90. The van der Waals surface area contributed by atoms with Crippen LogP contribution in [0, 0.1) is 0 Å². The molecule has 1 aromatic heterocycles. The molecule has 0 unspecified atom stereocenters. The fourth-order valence-corrected chi connectivity index (χ4v) is 4.40. The van der Waals surface area contributed by atoms with E-state index in [0.29, 0.717) is 10.7 Å². The van der Waals surface area contributed by atoms with Crippen LogP contribution in [0.2, 0.25) is 0 Å². The topological polar surface area (TPSA) is 122 Å². The maximum atomic E-state index is 11.7. The number of nitrogens with two attached hydrogens (primary N) is 1. The Morgan fingerprint density at radius 3 is 2.21 bits per heavy atom. The van der Waals surface area contributed by atoms with Gasteiger partial charge >= 0.3 is 0 Å². The van der Waals surface area contributed by atoms with E-state index >= 15 is 0 Å². The van der Waals surface area contributed by atoms with Crippen LogP contribution in [0.1, 0.15) is 39.0 Å². The molecule has 180 valence electrons. The predicted octanol–water partition coefficient (Wildman–Crippen LogP) is 3.77. The third kappa shape index (κ3) is 7.86. The Morgan fingerprint density at radius 1 is 1.00 bits per heavy atom. The lowest BCUT2D eigenvalue weighted by atomic mass is 10.0. The van der Waals surface area contributed by atoms with E-state index in [1.165, 1.54) is 30.2 Å². The Morgan fingerprint density at radius 2 is 1.62 bits per heavy atom. The van der Waals surface area contributed by atoms with Gasteiger partial charge < -0.3 is 21.8 Å². The minimum absolute atomic E-state index is 0. The number of nitrogens with zero attached hydrogens (tertiary/aromatic N) is 2. The van der Waals surface area contributed by atoms with Crippen LogP contribution >= 0.6 is 23.7 Å². The van der Waals surface area contributed by atoms with Gasteiger partial charge in [0.15, 0.2) is 5.13 Å². The Bertz CT molecular complexity index is 1110. The van der Waals surface area contributed by atoms with E-state index < -0.39 is 0 Å². The molecule has 0 fully saturated rings. The van der Waals surface area contributed by atoms with Crippen molar-refractivity contribution in [3.63, 3.8) is 0 Å². The molecule has 3 rings (SSSR count). The van der Waals surface area contributed by atoms with Gasteiger partial charge in [0, 0.05) is 30.1 Å². The zero-order valence-electron chi connectivity index (χ0n) is 19.1. The van der Waals surface area contributed by atoms with Crippen molar-refractivity contribution in [2.75, 3.05) is 17.7 Å². The van der Waals surface area contributed by atoms with E-state index in [-0.39, 0.29) is 24.2 Å². The molecule has 2 amide bonds. The summed E-state index contributed by atoms with van der Waals surface area (Å²) >= 11 is 1.52. The van der Waals surface area contributed by atoms with Gasteiger partial charge in [0.25, 0.3) is 5.91 Å². The van der Waals surface area contributed by atoms with Gasteiger partial charge in [-0.1, -0.05) is 24.3 Å². The second-order valence-electron chi connectivity index (χ2n) is 7.47. The fraction of sp³-hybridized carbons (Fsp3) is 0.250. The van der Waals surface area contributed by atoms with Gasteiger partial charge in [0.1, 0.15) is 6.34 Å². The third-order valence-corrected chi connectivity index (χ3v) is 6.13. The second-order valence-corrected chi connectivity index (χ2v) is 8.55. The van der Waals surface area contributed by atoms with Crippen molar-refractivity contribution in [1.82, 2.24) is 10.3 Å². The number of amides is 2. The Labute approximate surface area is 209 Å². The molecule has 0 aliphatic carbocycles. The van der Waals surface area contributed by atoms with Crippen molar-refractivity contribution >= 4 is 52.7 Å². The van der Waals surface area contributed by atoms with Crippen molar-refractivity contribution in [2.24, 2.45) is 10.9 Å². The average Bonchev–Trinajstić information content (AvgIpc) is 3.21.